The largest absolute Gasteiger partial charge is 0.466 e. The summed E-state index contributed by atoms with van der Waals surface area (Å²) >= 11 is 0. The van der Waals surface area contributed by atoms with E-state index in [1.807, 2.05) is 0 Å². The van der Waals surface area contributed by atoms with Crippen LogP contribution in [-0.4, -0.2) is 18.9 Å². The lowest BCUT2D eigenvalue weighted by Crippen LogP contribution is -2.37. The van der Waals surface area contributed by atoms with E-state index < -0.39 is 11.4 Å². The molecule has 1 rings (SSSR count). The van der Waals surface area contributed by atoms with E-state index >= 15 is 0 Å². The van der Waals surface area contributed by atoms with Crippen LogP contribution in [0.2, 0.25) is 0 Å². The molecule has 0 aromatic heterocycles. The van der Waals surface area contributed by atoms with Crippen molar-refractivity contribution in [2.75, 3.05) is 7.11 Å². The van der Waals surface area contributed by atoms with Crippen molar-refractivity contribution in [3.8, 4) is 0 Å². The van der Waals surface area contributed by atoms with Crippen LogP contribution in [0.1, 0.15) is 40.0 Å². The number of ether oxygens (including phenoxy) is 1. The zero-order chi connectivity index (χ0) is 12.4. The highest BCUT2D eigenvalue weighted by atomic mass is 16.5. The molecule has 0 aliphatic heterocycles. The van der Waals surface area contributed by atoms with Crippen LogP contribution in [0.3, 0.4) is 0 Å². The van der Waals surface area contributed by atoms with E-state index in [9.17, 15) is 9.59 Å². The number of Topliss-reactive ketones (excluding diaryl/α,β-unsaturated/α-hetero) is 1. The fourth-order valence-electron chi connectivity index (χ4n) is 2.73. The van der Waals surface area contributed by atoms with Gasteiger partial charge in [-0.15, -0.1) is 0 Å². The van der Waals surface area contributed by atoms with Gasteiger partial charge < -0.3 is 4.74 Å². The van der Waals surface area contributed by atoms with Gasteiger partial charge in [-0.2, -0.15) is 0 Å². The summed E-state index contributed by atoms with van der Waals surface area (Å²) in [6.07, 6.45) is 5.99. The van der Waals surface area contributed by atoms with Gasteiger partial charge in [-0.3, -0.25) is 4.79 Å². The van der Waals surface area contributed by atoms with Crippen LogP contribution in [-0.2, 0) is 14.3 Å². The van der Waals surface area contributed by atoms with E-state index in [4.69, 9.17) is 0 Å². The molecule has 0 spiro atoms. The van der Waals surface area contributed by atoms with Gasteiger partial charge in [0.25, 0.3) is 0 Å². The molecule has 1 aliphatic rings. The van der Waals surface area contributed by atoms with Gasteiger partial charge >= 0.3 is 5.97 Å². The van der Waals surface area contributed by atoms with Crippen molar-refractivity contribution in [2.24, 2.45) is 10.8 Å². The first-order valence-electron chi connectivity index (χ1n) is 5.64. The lowest BCUT2D eigenvalue weighted by Gasteiger charge is -2.36. The molecule has 0 amide bonds. The molecule has 0 aromatic carbocycles. The van der Waals surface area contributed by atoms with Crippen LogP contribution < -0.4 is 0 Å². The Morgan fingerprint density at radius 1 is 1.25 bits per heavy atom. The second-order valence-corrected chi connectivity index (χ2v) is 5.12. The van der Waals surface area contributed by atoms with Crippen molar-refractivity contribution in [3.63, 3.8) is 0 Å². The molecule has 3 nitrogen and oxygen atoms in total. The molecule has 90 valence electrons. The monoisotopic (exact) mass is 224 g/mol. The summed E-state index contributed by atoms with van der Waals surface area (Å²) in [5.41, 5.74) is -0.579. The molecule has 1 saturated carbocycles. The predicted octanol–water partition coefficient (Wildman–Crippen LogP) is 2.50. The average molecular weight is 224 g/mol. The third-order valence-electron chi connectivity index (χ3n) is 3.91. The maximum Gasteiger partial charge on any atom is 0.330 e. The van der Waals surface area contributed by atoms with E-state index in [0.29, 0.717) is 0 Å². The molecule has 16 heavy (non-hydrogen) atoms. The van der Waals surface area contributed by atoms with Gasteiger partial charge in [0.05, 0.1) is 12.5 Å². The zero-order valence-electron chi connectivity index (χ0n) is 10.5. The van der Waals surface area contributed by atoms with Gasteiger partial charge in [-0.25, -0.2) is 4.79 Å². The van der Waals surface area contributed by atoms with Gasteiger partial charge in [0.2, 0.25) is 0 Å². The van der Waals surface area contributed by atoms with Crippen LogP contribution in [0.25, 0.3) is 0 Å². The molecule has 1 unspecified atom stereocenters. The standard InChI is InChI=1S/C13H20O3/c1-10(14)13(9-6-11(15)16-4)8-5-7-12(13,2)3/h6,9H,5,7-8H2,1-4H3/b9-6-. The normalized spacial score (nSPS) is 28.2. The molecule has 0 heterocycles. The van der Waals surface area contributed by atoms with Gasteiger partial charge in [0, 0.05) is 6.08 Å². The molecule has 3 heteroatoms. The quantitative estimate of drug-likeness (QED) is 0.546. The molecule has 1 aliphatic carbocycles. The molecule has 1 atom stereocenters. The van der Waals surface area contributed by atoms with E-state index in [2.05, 4.69) is 18.6 Å². The van der Waals surface area contributed by atoms with Crippen LogP contribution in [0, 0.1) is 10.8 Å². The van der Waals surface area contributed by atoms with Crippen molar-refractivity contribution < 1.29 is 14.3 Å². The molecule has 0 radical (unpaired) electrons. The third kappa shape index (κ3) is 2.04. The van der Waals surface area contributed by atoms with Crippen molar-refractivity contribution >= 4 is 11.8 Å². The highest BCUT2D eigenvalue weighted by Gasteiger charge is 2.50. The Hall–Kier alpha value is -1.12. The first-order valence-corrected chi connectivity index (χ1v) is 5.64. The summed E-state index contributed by atoms with van der Waals surface area (Å²) in [4.78, 5) is 23.0. The lowest BCUT2D eigenvalue weighted by molar-refractivity contribution is -0.134. The second kappa shape index (κ2) is 4.40. The van der Waals surface area contributed by atoms with Gasteiger partial charge in [0.15, 0.2) is 0 Å². The Morgan fingerprint density at radius 2 is 1.88 bits per heavy atom. The second-order valence-electron chi connectivity index (χ2n) is 5.12. The Labute approximate surface area is 96.9 Å². The van der Waals surface area contributed by atoms with E-state index in [-0.39, 0.29) is 11.2 Å². The Morgan fingerprint density at radius 3 is 2.25 bits per heavy atom. The maximum atomic E-state index is 11.9. The summed E-state index contributed by atoms with van der Waals surface area (Å²) in [5.74, 6) is -0.265. The Balaban J connectivity index is 3.04. The van der Waals surface area contributed by atoms with Crippen LogP contribution in [0.15, 0.2) is 12.2 Å². The molecular weight excluding hydrogens is 204 g/mol. The van der Waals surface area contributed by atoms with E-state index in [0.717, 1.165) is 19.3 Å². The van der Waals surface area contributed by atoms with E-state index in [1.165, 1.54) is 13.2 Å². The minimum Gasteiger partial charge on any atom is -0.466 e. The fraction of sp³-hybridized carbons (Fsp3) is 0.692. The first kappa shape index (κ1) is 12.9. The summed E-state index contributed by atoms with van der Waals surface area (Å²) in [6.45, 7) is 5.78. The molecule has 0 bridgehead atoms. The van der Waals surface area contributed by atoms with Gasteiger partial charge in [-0.1, -0.05) is 26.3 Å². The number of carbonyl (C=O) groups is 2. The van der Waals surface area contributed by atoms with Crippen molar-refractivity contribution in [1.82, 2.24) is 0 Å². The summed E-state index contributed by atoms with van der Waals surface area (Å²) in [6, 6.07) is 0. The highest BCUT2D eigenvalue weighted by molar-refractivity contribution is 5.88. The average Bonchev–Trinajstić information content (AvgIpc) is 2.51. The molecule has 0 N–H and O–H groups in total. The molecule has 1 fully saturated rings. The Bertz CT molecular complexity index is 328. The summed E-state index contributed by atoms with van der Waals surface area (Å²) in [5, 5.41) is 0. The third-order valence-corrected chi connectivity index (χ3v) is 3.91. The molecule has 0 aromatic rings. The van der Waals surface area contributed by atoms with Crippen molar-refractivity contribution in [2.45, 2.75) is 40.0 Å². The topological polar surface area (TPSA) is 43.4 Å². The number of esters is 1. The summed E-state index contributed by atoms with van der Waals surface area (Å²) < 4.78 is 4.57. The number of hydrogen-bond acceptors (Lipinski definition) is 3. The first-order chi connectivity index (χ1) is 7.35. The number of rotatable bonds is 3. The van der Waals surface area contributed by atoms with Crippen LogP contribution in [0.5, 0.6) is 0 Å². The number of allylic oxidation sites excluding steroid dienone is 1. The SMILES string of the molecule is COC(=O)/C=C\C1(C(C)=O)CCCC1(C)C. The number of ketones is 1. The lowest BCUT2D eigenvalue weighted by atomic mass is 9.65. The molecular formula is C13H20O3. The number of methoxy groups -OCH3 is 1. The maximum absolute atomic E-state index is 11.9. The fourth-order valence-corrected chi connectivity index (χ4v) is 2.73. The smallest absolute Gasteiger partial charge is 0.330 e. The van der Waals surface area contributed by atoms with Crippen LogP contribution in [0.4, 0.5) is 0 Å². The minimum atomic E-state index is -0.499. The zero-order valence-corrected chi connectivity index (χ0v) is 10.5. The van der Waals surface area contributed by atoms with Crippen molar-refractivity contribution in [3.05, 3.63) is 12.2 Å². The van der Waals surface area contributed by atoms with Crippen molar-refractivity contribution in [1.29, 1.82) is 0 Å². The van der Waals surface area contributed by atoms with Gasteiger partial charge in [-0.05, 0) is 25.2 Å². The molecule has 0 saturated heterocycles. The summed E-state index contributed by atoms with van der Waals surface area (Å²) in [7, 11) is 1.34. The minimum absolute atomic E-state index is 0.0800. The predicted molar refractivity (Wildman–Crippen MR) is 61.9 cm³/mol. The van der Waals surface area contributed by atoms with Crippen LogP contribution >= 0.6 is 0 Å². The Kier molecular flexibility index (Phi) is 3.56. The van der Waals surface area contributed by atoms with Gasteiger partial charge in [0.1, 0.15) is 5.78 Å². The highest BCUT2D eigenvalue weighted by Crippen LogP contribution is 2.54. The number of carbonyl (C=O) groups excluding carboxylic acids is 2. The van der Waals surface area contributed by atoms with E-state index in [1.54, 1.807) is 13.0 Å². The number of hydrogen-bond donors (Lipinski definition) is 0.